The molecule has 0 saturated heterocycles. The molecule has 11 heavy (non-hydrogen) atoms. The van der Waals surface area contributed by atoms with Crippen LogP contribution in [-0.4, -0.2) is 18.0 Å². The van der Waals surface area contributed by atoms with Gasteiger partial charge in [0, 0.05) is 18.8 Å². The van der Waals surface area contributed by atoms with Crippen LogP contribution >= 0.6 is 0 Å². The highest BCUT2D eigenvalue weighted by atomic mass is 15.1. The van der Waals surface area contributed by atoms with Gasteiger partial charge in [0.05, 0.1) is 0 Å². The normalized spacial score (nSPS) is 20.5. The van der Waals surface area contributed by atoms with E-state index in [-0.39, 0.29) is 0 Å². The van der Waals surface area contributed by atoms with Crippen molar-refractivity contribution in [1.82, 2.24) is 4.90 Å². The first kappa shape index (κ1) is 8.63. The van der Waals surface area contributed by atoms with Gasteiger partial charge in [0.2, 0.25) is 0 Å². The molecule has 0 N–H and O–H groups in total. The summed E-state index contributed by atoms with van der Waals surface area (Å²) in [5.74, 6) is 0. The average Bonchev–Trinajstić information content (AvgIpc) is 2.16. The Bertz CT molecular complexity index is 158. The van der Waals surface area contributed by atoms with Crippen LogP contribution in [0, 0.1) is 0 Å². The summed E-state index contributed by atoms with van der Waals surface area (Å²) in [5, 5.41) is 0. The number of rotatable bonds is 1. The van der Waals surface area contributed by atoms with Gasteiger partial charge in [0.15, 0.2) is 0 Å². The Morgan fingerprint density at radius 3 is 2.64 bits per heavy atom. The Labute approximate surface area is 70.1 Å². The van der Waals surface area contributed by atoms with Crippen LogP contribution in [-0.2, 0) is 0 Å². The molecule has 1 aliphatic rings. The van der Waals surface area contributed by atoms with E-state index in [1.807, 2.05) is 0 Å². The molecular formula is C10H19N. The maximum absolute atomic E-state index is 2.49. The van der Waals surface area contributed by atoms with E-state index in [0.29, 0.717) is 0 Å². The molecule has 0 atom stereocenters. The van der Waals surface area contributed by atoms with Crippen molar-refractivity contribution >= 4 is 0 Å². The first-order chi connectivity index (χ1) is 5.25. The van der Waals surface area contributed by atoms with E-state index in [1.165, 1.54) is 38.0 Å². The van der Waals surface area contributed by atoms with Gasteiger partial charge in [-0.05, 0) is 40.0 Å². The van der Waals surface area contributed by atoms with Crippen molar-refractivity contribution in [3.05, 3.63) is 11.3 Å². The summed E-state index contributed by atoms with van der Waals surface area (Å²) >= 11 is 0. The standard InChI is InChI=1S/C10H19N/c1-4-11-8-6-5-7-9(2)10(11)3/h4-8H2,1-3H3. The smallest absolute Gasteiger partial charge is 0.0174 e. The minimum absolute atomic E-state index is 1.17. The van der Waals surface area contributed by atoms with Gasteiger partial charge in [-0.3, -0.25) is 0 Å². The quantitative estimate of drug-likeness (QED) is 0.560. The molecular weight excluding hydrogens is 134 g/mol. The molecule has 0 aromatic rings. The number of hydrogen-bond acceptors (Lipinski definition) is 1. The Hall–Kier alpha value is -0.460. The van der Waals surface area contributed by atoms with Crippen molar-refractivity contribution < 1.29 is 0 Å². The van der Waals surface area contributed by atoms with Crippen LogP contribution in [0.25, 0.3) is 0 Å². The topological polar surface area (TPSA) is 3.24 Å². The van der Waals surface area contributed by atoms with Crippen LogP contribution in [0.5, 0.6) is 0 Å². The Kier molecular flexibility index (Phi) is 2.98. The van der Waals surface area contributed by atoms with Crippen LogP contribution < -0.4 is 0 Å². The van der Waals surface area contributed by atoms with Gasteiger partial charge < -0.3 is 4.90 Å². The second-order valence-electron chi connectivity index (χ2n) is 3.40. The lowest BCUT2D eigenvalue weighted by Gasteiger charge is -2.22. The van der Waals surface area contributed by atoms with E-state index in [4.69, 9.17) is 0 Å². The minimum Gasteiger partial charge on any atom is -0.375 e. The summed E-state index contributed by atoms with van der Waals surface area (Å²) in [4.78, 5) is 2.49. The first-order valence-electron chi connectivity index (χ1n) is 4.67. The van der Waals surface area contributed by atoms with Crippen LogP contribution in [0.1, 0.15) is 40.0 Å². The van der Waals surface area contributed by atoms with Gasteiger partial charge in [-0.25, -0.2) is 0 Å². The molecule has 0 spiro atoms. The molecule has 1 nitrogen and oxygen atoms in total. The minimum atomic E-state index is 1.17. The maximum Gasteiger partial charge on any atom is 0.0174 e. The highest BCUT2D eigenvalue weighted by Gasteiger charge is 2.09. The largest absolute Gasteiger partial charge is 0.375 e. The number of hydrogen-bond donors (Lipinski definition) is 0. The Morgan fingerprint density at radius 1 is 1.27 bits per heavy atom. The fraction of sp³-hybridized carbons (Fsp3) is 0.800. The highest BCUT2D eigenvalue weighted by Crippen LogP contribution is 2.19. The maximum atomic E-state index is 2.49. The lowest BCUT2D eigenvalue weighted by molar-refractivity contribution is 0.362. The van der Waals surface area contributed by atoms with Gasteiger partial charge >= 0.3 is 0 Å². The first-order valence-corrected chi connectivity index (χ1v) is 4.67. The predicted octanol–water partition coefficient (Wildman–Crippen LogP) is 2.79. The fourth-order valence-corrected chi connectivity index (χ4v) is 1.71. The van der Waals surface area contributed by atoms with Crippen LogP contribution in [0.3, 0.4) is 0 Å². The molecule has 0 bridgehead atoms. The molecule has 0 fully saturated rings. The summed E-state index contributed by atoms with van der Waals surface area (Å²) in [7, 11) is 0. The van der Waals surface area contributed by atoms with Crippen molar-refractivity contribution in [2.45, 2.75) is 40.0 Å². The summed E-state index contributed by atoms with van der Waals surface area (Å²) in [5.41, 5.74) is 3.11. The zero-order valence-electron chi connectivity index (χ0n) is 7.98. The third kappa shape index (κ3) is 1.98. The van der Waals surface area contributed by atoms with Gasteiger partial charge in [-0.1, -0.05) is 5.57 Å². The molecule has 1 heteroatoms. The molecule has 0 aromatic heterocycles. The predicted molar refractivity (Wildman–Crippen MR) is 49.5 cm³/mol. The number of allylic oxidation sites excluding steroid dienone is 2. The van der Waals surface area contributed by atoms with E-state index in [9.17, 15) is 0 Å². The van der Waals surface area contributed by atoms with Gasteiger partial charge in [-0.2, -0.15) is 0 Å². The van der Waals surface area contributed by atoms with Gasteiger partial charge in [0.1, 0.15) is 0 Å². The Morgan fingerprint density at radius 2 is 2.00 bits per heavy atom. The van der Waals surface area contributed by atoms with Gasteiger partial charge in [-0.15, -0.1) is 0 Å². The summed E-state index contributed by atoms with van der Waals surface area (Å²) in [6.45, 7) is 9.19. The second kappa shape index (κ2) is 3.80. The van der Waals surface area contributed by atoms with E-state index < -0.39 is 0 Å². The Balaban J connectivity index is 2.70. The van der Waals surface area contributed by atoms with E-state index in [2.05, 4.69) is 25.7 Å². The highest BCUT2D eigenvalue weighted by molar-refractivity contribution is 5.09. The average molecular weight is 153 g/mol. The summed E-state index contributed by atoms with van der Waals surface area (Å²) < 4.78 is 0. The second-order valence-corrected chi connectivity index (χ2v) is 3.40. The zero-order valence-corrected chi connectivity index (χ0v) is 7.98. The molecule has 0 aromatic carbocycles. The third-order valence-electron chi connectivity index (χ3n) is 2.70. The van der Waals surface area contributed by atoms with Gasteiger partial charge in [0.25, 0.3) is 0 Å². The lowest BCUT2D eigenvalue weighted by atomic mass is 10.1. The van der Waals surface area contributed by atoms with Crippen molar-refractivity contribution in [2.75, 3.05) is 13.1 Å². The third-order valence-corrected chi connectivity index (χ3v) is 2.70. The molecule has 0 radical (unpaired) electrons. The van der Waals surface area contributed by atoms with Crippen molar-refractivity contribution in [3.8, 4) is 0 Å². The zero-order chi connectivity index (χ0) is 8.27. The van der Waals surface area contributed by atoms with E-state index in [1.54, 1.807) is 5.57 Å². The summed E-state index contributed by atoms with van der Waals surface area (Å²) in [6, 6.07) is 0. The molecule has 0 unspecified atom stereocenters. The van der Waals surface area contributed by atoms with Crippen LogP contribution in [0.4, 0.5) is 0 Å². The molecule has 0 saturated carbocycles. The summed E-state index contributed by atoms with van der Waals surface area (Å²) in [6.07, 6.45) is 4.05. The van der Waals surface area contributed by atoms with E-state index in [0.717, 1.165) is 0 Å². The fourth-order valence-electron chi connectivity index (χ4n) is 1.71. The molecule has 64 valence electrons. The molecule has 0 amide bonds. The molecule has 1 aliphatic heterocycles. The van der Waals surface area contributed by atoms with Crippen LogP contribution in [0.2, 0.25) is 0 Å². The van der Waals surface area contributed by atoms with Crippen molar-refractivity contribution in [3.63, 3.8) is 0 Å². The van der Waals surface area contributed by atoms with Crippen molar-refractivity contribution in [2.24, 2.45) is 0 Å². The SMILES string of the molecule is CCN1CCCCC(C)=C1C. The van der Waals surface area contributed by atoms with Crippen molar-refractivity contribution in [1.29, 1.82) is 0 Å². The lowest BCUT2D eigenvalue weighted by Crippen LogP contribution is -2.21. The molecule has 0 aliphatic carbocycles. The van der Waals surface area contributed by atoms with E-state index >= 15 is 0 Å². The number of nitrogens with zero attached hydrogens (tertiary/aromatic N) is 1. The monoisotopic (exact) mass is 153 g/mol. The molecule has 1 heterocycles. The molecule has 1 rings (SSSR count). The van der Waals surface area contributed by atoms with Crippen LogP contribution in [0.15, 0.2) is 11.3 Å².